The summed E-state index contributed by atoms with van der Waals surface area (Å²) in [6.45, 7) is 1.92. The Kier molecular flexibility index (Phi) is 4.53. The van der Waals surface area contributed by atoms with E-state index >= 15 is 0 Å². The molecule has 0 saturated carbocycles. The number of hydrogen-bond donors (Lipinski definition) is 2. The Morgan fingerprint density at radius 3 is 3.05 bits per heavy atom. The Labute approximate surface area is 119 Å². The average Bonchev–Trinajstić information content (AvgIpc) is 2.48. The third-order valence-corrected chi connectivity index (χ3v) is 4.46. The Bertz CT molecular complexity index is 491. The fourth-order valence-electron chi connectivity index (χ4n) is 3.37. The summed E-state index contributed by atoms with van der Waals surface area (Å²) in [5, 5.41) is 3.64. The maximum Gasteiger partial charge on any atom is 0.248 e. The van der Waals surface area contributed by atoms with E-state index in [4.69, 9.17) is 4.74 Å². The van der Waals surface area contributed by atoms with Gasteiger partial charge in [0.25, 0.3) is 0 Å². The van der Waals surface area contributed by atoms with Gasteiger partial charge in [0.2, 0.25) is 5.56 Å². The summed E-state index contributed by atoms with van der Waals surface area (Å²) >= 11 is 0. The molecule has 0 amide bonds. The van der Waals surface area contributed by atoms with Gasteiger partial charge in [-0.15, -0.1) is 0 Å². The molecule has 1 aromatic heterocycles. The Balaban J connectivity index is 1.55. The first-order valence-electron chi connectivity index (χ1n) is 7.90. The predicted molar refractivity (Wildman–Crippen MR) is 79.0 cm³/mol. The van der Waals surface area contributed by atoms with Crippen molar-refractivity contribution >= 4 is 0 Å². The van der Waals surface area contributed by atoms with Crippen molar-refractivity contribution in [3.8, 4) is 0 Å². The zero-order valence-corrected chi connectivity index (χ0v) is 12.0. The molecular weight excluding hydrogens is 252 g/mol. The van der Waals surface area contributed by atoms with Gasteiger partial charge in [0.1, 0.15) is 0 Å². The number of nitrogens with one attached hydrogen (secondary N) is 2. The fourth-order valence-corrected chi connectivity index (χ4v) is 3.37. The molecular formula is C16H24N2O2. The lowest BCUT2D eigenvalue weighted by Gasteiger charge is -2.28. The van der Waals surface area contributed by atoms with Crippen LogP contribution in [-0.4, -0.2) is 24.2 Å². The molecule has 110 valence electrons. The Hall–Kier alpha value is -1.13. The van der Waals surface area contributed by atoms with Crippen molar-refractivity contribution < 1.29 is 4.74 Å². The van der Waals surface area contributed by atoms with Crippen LogP contribution >= 0.6 is 0 Å². The standard InChI is InChI=1S/C16H24N2O2/c19-16-8-7-13-14(5-3-6-15(13)18-16)17-10-9-12-4-1-2-11-20-12/h7-8,12,14,17H,1-6,9-11H2,(H,18,19). The van der Waals surface area contributed by atoms with Crippen molar-refractivity contribution in [1.29, 1.82) is 0 Å². The maximum absolute atomic E-state index is 11.4. The first-order valence-corrected chi connectivity index (χ1v) is 7.90. The Morgan fingerprint density at radius 1 is 1.25 bits per heavy atom. The lowest BCUT2D eigenvalue weighted by molar-refractivity contribution is 0.0111. The normalized spacial score (nSPS) is 26.2. The molecule has 2 atom stereocenters. The van der Waals surface area contributed by atoms with Crippen molar-refractivity contribution in [3.63, 3.8) is 0 Å². The van der Waals surface area contributed by atoms with Crippen LogP contribution < -0.4 is 10.9 Å². The van der Waals surface area contributed by atoms with E-state index in [0.717, 1.165) is 44.5 Å². The summed E-state index contributed by atoms with van der Waals surface area (Å²) < 4.78 is 5.77. The van der Waals surface area contributed by atoms with Gasteiger partial charge in [-0.3, -0.25) is 4.79 Å². The minimum Gasteiger partial charge on any atom is -0.378 e. The molecule has 1 fully saturated rings. The van der Waals surface area contributed by atoms with E-state index in [9.17, 15) is 4.79 Å². The van der Waals surface area contributed by atoms with Gasteiger partial charge in [-0.2, -0.15) is 0 Å². The zero-order valence-electron chi connectivity index (χ0n) is 12.0. The van der Waals surface area contributed by atoms with Crippen LogP contribution in [-0.2, 0) is 11.2 Å². The maximum atomic E-state index is 11.4. The quantitative estimate of drug-likeness (QED) is 0.887. The van der Waals surface area contributed by atoms with E-state index in [2.05, 4.69) is 10.3 Å². The number of H-pyrrole nitrogens is 1. The van der Waals surface area contributed by atoms with E-state index < -0.39 is 0 Å². The zero-order chi connectivity index (χ0) is 13.8. The minimum absolute atomic E-state index is 0.0139. The molecule has 0 bridgehead atoms. The van der Waals surface area contributed by atoms with Gasteiger partial charge in [0, 0.05) is 24.4 Å². The second kappa shape index (κ2) is 6.55. The van der Waals surface area contributed by atoms with E-state index in [1.165, 1.54) is 24.8 Å². The molecule has 1 aliphatic heterocycles. The van der Waals surface area contributed by atoms with Crippen molar-refractivity contribution in [1.82, 2.24) is 10.3 Å². The van der Waals surface area contributed by atoms with Crippen LogP contribution in [0.25, 0.3) is 0 Å². The largest absolute Gasteiger partial charge is 0.378 e. The first kappa shape index (κ1) is 13.8. The highest BCUT2D eigenvalue weighted by Gasteiger charge is 2.21. The first-order chi connectivity index (χ1) is 9.83. The van der Waals surface area contributed by atoms with Gasteiger partial charge in [0.05, 0.1) is 6.10 Å². The average molecular weight is 276 g/mol. The number of fused-ring (bicyclic) bond motifs is 1. The monoisotopic (exact) mass is 276 g/mol. The van der Waals surface area contributed by atoms with E-state index in [-0.39, 0.29) is 5.56 Å². The van der Waals surface area contributed by atoms with Gasteiger partial charge in [-0.1, -0.05) is 6.07 Å². The van der Waals surface area contributed by atoms with Crippen LogP contribution in [0.3, 0.4) is 0 Å². The van der Waals surface area contributed by atoms with Gasteiger partial charge < -0.3 is 15.0 Å². The van der Waals surface area contributed by atoms with Crippen molar-refractivity contribution in [2.75, 3.05) is 13.2 Å². The number of rotatable bonds is 4. The van der Waals surface area contributed by atoms with Gasteiger partial charge in [0.15, 0.2) is 0 Å². The third-order valence-electron chi connectivity index (χ3n) is 4.46. The third kappa shape index (κ3) is 3.30. The van der Waals surface area contributed by atoms with Crippen LogP contribution in [0.1, 0.15) is 55.8 Å². The highest BCUT2D eigenvalue weighted by atomic mass is 16.5. The molecule has 2 N–H and O–H groups in total. The summed E-state index contributed by atoms with van der Waals surface area (Å²) in [4.78, 5) is 14.4. The number of hydrogen-bond acceptors (Lipinski definition) is 3. The molecule has 1 saturated heterocycles. The number of pyridine rings is 1. The molecule has 20 heavy (non-hydrogen) atoms. The number of ether oxygens (including phenoxy) is 1. The van der Waals surface area contributed by atoms with Crippen molar-refractivity contribution in [2.45, 2.75) is 57.1 Å². The molecule has 3 rings (SSSR count). The van der Waals surface area contributed by atoms with Crippen LogP contribution in [0.5, 0.6) is 0 Å². The number of aromatic amines is 1. The molecule has 4 nitrogen and oxygen atoms in total. The number of aromatic nitrogens is 1. The summed E-state index contributed by atoms with van der Waals surface area (Å²) in [6, 6.07) is 4.02. The fraction of sp³-hybridized carbons (Fsp3) is 0.688. The van der Waals surface area contributed by atoms with Crippen molar-refractivity contribution in [2.24, 2.45) is 0 Å². The second-order valence-electron chi connectivity index (χ2n) is 5.93. The Morgan fingerprint density at radius 2 is 2.20 bits per heavy atom. The molecule has 4 heteroatoms. The molecule has 2 heterocycles. The molecule has 0 spiro atoms. The van der Waals surface area contributed by atoms with Crippen LogP contribution in [0.4, 0.5) is 0 Å². The molecule has 1 aliphatic carbocycles. The van der Waals surface area contributed by atoms with E-state index in [0.29, 0.717) is 12.1 Å². The molecule has 0 radical (unpaired) electrons. The van der Waals surface area contributed by atoms with E-state index in [1.807, 2.05) is 6.07 Å². The highest BCUT2D eigenvalue weighted by molar-refractivity contribution is 5.26. The SMILES string of the molecule is O=c1ccc2c([nH]1)CCCC2NCCC1CCCCO1. The molecule has 0 aromatic carbocycles. The molecule has 2 unspecified atom stereocenters. The summed E-state index contributed by atoms with van der Waals surface area (Å²) in [5.74, 6) is 0. The topological polar surface area (TPSA) is 54.1 Å². The summed E-state index contributed by atoms with van der Waals surface area (Å²) in [5.41, 5.74) is 2.41. The lowest BCUT2D eigenvalue weighted by atomic mass is 9.91. The van der Waals surface area contributed by atoms with E-state index in [1.54, 1.807) is 6.07 Å². The smallest absolute Gasteiger partial charge is 0.248 e. The minimum atomic E-state index is 0.0139. The van der Waals surface area contributed by atoms with Gasteiger partial charge in [-0.05, 0) is 57.1 Å². The highest BCUT2D eigenvalue weighted by Crippen LogP contribution is 2.27. The van der Waals surface area contributed by atoms with Crippen LogP contribution in [0.2, 0.25) is 0 Å². The molecule has 1 aromatic rings. The van der Waals surface area contributed by atoms with Crippen LogP contribution in [0, 0.1) is 0 Å². The van der Waals surface area contributed by atoms with Gasteiger partial charge in [-0.25, -0.2) is 0 Å². The van der Waals surface area contributed by atoms with Crippen LogP contribution in [0.15, 0.2) is 16.9 Å². The summed E-state index contributed by atoms with van der Waals surface area (Å²) in [6.07, 6.45) is 8.55. The second-order valence-corrected chi connectivity index (χ2v) is 5.93. The van der Waals surface area contributed by atoms with Crippen molar-refractivity contribution in [3.05, 3.63) is 33.7 Å². The summed E-state index contributed by atoms with van der Waals surface area (Å²) in [7, 11) is 0. The predicted octanol–water partition coefficient (Wildman–Crippen LogP) is 2.30. The van der Waals surface area contributed by atoms with Gasteiger partial charge >= 0.3 is 0 Å². The lowest BCUT2D eigenvalue weighted by Crippen LogP contribution is -2.31. The molecule has 2 aliphatic rings. The number of aryl methyl sites for hydroxylation is 1.